The molecule has 0 amide bonds. The number of aromatic nitrogens is 2. The van der Waals surface area contributed by atoms with E-state index in [1.54, 1.807) is 26.2 Å². The Morgan fingerprint density at radius 1 is 1.45 bits per heavy atom. The summed E-state index contributed by atoms with van der Waals surface area (Å²) in [5, 5.41) is 7.18. The normalized spacial score (nSPS) is 22.4. The van der Waals surface area contributed by atoms with E-state index < -0.39 is 0 Å². The second-order valence-electron chi connectivity index (χ2n) is 4.97. The molecule has 2 aromatic rings. The highest BCUT2D eigenvalue weighted by molar-refractivity contribution is 5.55. The molecule has 1 N–H and O–H groups in total. The third-order valence-corrected chi connectivity index (χ3v) is 3.59. The van der Waals surface area contributed by atoms with Gasteiger partial charge in [-0.2, -0.15) is 4.98 Å². The number of halogens is 1. The van der Waals surface area contributed by atoms with Crippen LogP contribution < -0.4 is 5.32 Å². The van der Waals surface area contributed by atoms with Crippen LogP contribution in [0.15, 0.2) is 22.7 Å². The Bertz CT molecular complexity index is 614. The average Bonchev–Trinajstić information content (AvgIpc) is 3.09. The summed E-state index contributed by atoms with van der Waals surface area (Å²) in [6, 6.07) is 4.91. The molecule has 0 aliphatic carbocycles. The molecule has 0 unspecified atom stereocenters. The maximum Gasteiger partial charge on any atom is 0.244 e. The van der Waals surface area contributed by atoms with Crippen LogP contribution in [0.4, 0.5) is 4.39 Å². The molecule has 6 heteroatoms. The highest BCUT2D eigenvalue weighted by Gasteiger charge is 2.29. The van der Waals surface area contributed by atoms with E-state index in [4.69, 9.17) is 9.26 Å². The van der Waals surface area contributed by atoms with Crippen LogP contribution in [0.3, 0.4) is 0 Å². The van der Waals surface area contributed by atoms with Gasteiger partial charge in [-0.15, -0.1) is 0 Å². The lowest BCUT2D eigenvalue weighted by molar-refractivity contribution is 0.116. The van der Waals surface area contributed by atoms with Crippen molar-refractivity contribution in [3.05, 3.63) is 35.5 Å². The fourth-order valence-electron chi connectivity index (χ4n) is 2.30. The SMILES string of the molecule is CO[C@@H]1CN[C@@H](c2nc(-c3ccc(C)c(F)c3)no2)C1. The Labute approximate surface area is 116 Å². The van der Waals surface area contributed by atoms with Gasteiger partial charge in [0.2, 0.25) is 11.7 Å². The van der Waals surface area contributed by atoms with Gasteiger partial charge in [-0.25, -0.2) is 4.39 Å². The zero-order valence-corrected chi connectivity index (χ0v) is 11.4. The Kier molecular flexibility index (Phi) is 3.50. The standard InChI is InChI=1S/C14H16FN3O2/c1-8-3-4-9(5-11(8)15)13-17-14(20-18-13)12-6-10(19-2)7-16-12/h3-5,10,12,16H,6-7H2,1-2H3/t10-,12+/m0/s1. The number of ether oxygens (including phenoxy) is 1. The van der Waals surface area contributed by atoms with Crippen LogP contribution in [-0.4, -0.2) is 29.9 Å². The largest absolute Gasteiger partial charge is 0.380 e. The maximum absolute atomic E-state index is 13.6. The predicted octanol–water partition coefficient (Wildman–Crippen LogP) is 2.23. The van der Waals surface area contributed by atoms with Crippen molar-refractivity contribution in [3.63, 3.8) is 0 Å². The summed E-state index contributed by atoms with van der Waals surface area (Å²) in [6.07, 6.45) is 0.951. The van der Waals surface area contributed by atoms with Gasteiger partial charge in [0.15, 0.2) is 0 Å². The van der Waals surface area contributed by atoms with Crippen LogP contribution in [0.2, 0.25) is 0 Å². The molecule has 0 radical (unpaired) electrons. The number of nitrogens with one attached hydrogen (secondary N) is 1. The first-order valence-electron chi connectivity index (χ1n) is 6.53. The summed E-state index contributed by atoms with van der Waals surface area (Å²) >= 11 is 0. The molecule has 1 saturated heterocycles. The molecular formula is C14H16FN3O2. The molecule has 1 aliphatic heterocycles. The quantitative estimate of drug-likeness (QED) is 0.932. The van der Waals surface area contributed by atoms with Crippen LogP contribution in [0.1, 0.15) is 23.9 Å². The molecule has 5 nitrogen and oxygen atoms in total. The Hall–Kier alpha value is -1.79. The Morgan fingerprint density at radius 3 is 3.00 bits per heavy atom. The lowest BCUT2D eigenvalue weighted by Crippen LogP contribution is -2.16. The fourth-order valence-corrected chi connectivity index (χ4v) is 2.30. The maximum atomic E-state index is 13.6. The van der Waals surface area contributed by atoms with Crippen molar-refractivity contribution in [1.82, 2.24) is 15.5 Å². The van der Waals surface area contributed by atoms with Crippen LogP contribution >= 0.6 is 0 Å². The van der Waals surface area contributed by atoms with Crippen LogP contribution in [-0.2, 0) is 4.74 Å². The highest BCUT2D eigenvalue weighted by atomic mass is 19.1. The summed E-state index contributed by atoms with van der Waals surface area (Å²) in [6.45, 7) is 2.48. The van der Waals surface area contributed by atoms with Gasteiger partial charge in [-0.1, -0.05) is 17.3 Å². The Balaban J connectivity index is 1.81. The lowest BCUT2D eigenvalue weighted by atomic mass is 10.1. The molecule has 1 aliphatic rings. The van der Waals surface area contributed by atoms with E-state index in [0.29, 0.717) is 22.8 Å². The number of methoxy groups -OCH3 is 1. The van der Waals surface area contributed by atoms with Crippen molar-refractivity contribution < 1.29 is 13.7 Å². The molecular weight excluding hydrogens is 261 g/mol. The van der Waals surface area contributed by atoms with Gasteiger partial charge >= 0.3 is 0 Å². The van der Waals surface area contributed by atoms with E-state index in [-0.39, 0.29) is 18.0 Å². The van der Waals surface area contributed by atoms with Gasteiger partial charge in [-0.3, -0.25) is 0 Å². The number of hydrogen-bond acceptors (Lipinski definition) is 5. The van der Waals surface area contributed by atoms with Gasteiger partial charge in [0.1, 0.15) is 5.82 Å². The zero-order valence-electron chi connectivity index (χ0n) is 11.4. The minimum atomic E-state index is -0.271. The van der Waals surface area contributed by atoms with Crippen molar-refractivity contribution in [2.45, 2.75) is 25.5 Å². The van der Waals surface area contributed by atoms with Crippen molar-refractivity contribution in [2.24, 2.45) is 0 Å². The molecule has 106 valence electrons. The highest BCUT2D eigenvalue weighted by Crippen LogP contribution is 2.26. The van der Waals surface area contributed by atoms with Crippen molar-refractivity contribution in [2.75, 3.05) is 13.7 Å². The van der Waals surface area contributed by atoms with E-state index in [1.165, 1.54) is 6.07 Å². The summed E-state index contributed by atoms with van der Waals surface area (Å²) in [5.74, 6) is 0.648. The molecule has 0 bridgehead atoms. The van der Waals surface area contributed by atoms with E-state index >= 15 is 0 Å². The van der Waals surface area contributed by atoms with Gasteiger partial charge in [0, 0.05) is 19.2 Å². The van der Waals surface area contributed by atoms with E-state index in [2.05, 4.69) is 15.5 Å². The zero-order chi connectivity index (χ0) is 14.1. The molecule has 1 aromatic carbocycles. The molecule has 2 atom stereocenters. The van der Waals surface area contributed by atoms with E-state index in [1.807, 2.05) is 0 Å². The number of benzene rings is 1. The van der Waals surface area contributed by atoms with Gasteiger partial charge in [-0.05, 0) is 25.0 Å². The first kappa shape index (κ1) is 13.2. The first-order valence-corrected chi connectivity index (χ1v) is 6.53. The monoisotopic (exact) mass is 277 g/mol. The third kappa shape index (κ3) is 2.44. The fraction of sp³-hybridized carbons (Fsp3) is 0.429. The minimum Gasteiger partial charge on any atom is -0.380 e. The molecule has 20 heavy (non-hydrogen) atoms. The molecule has 1 aromatic heterocycles. The van der Waals surface area contributed by atoms with Gasteiger partial charge in [0.05, 0.1) is 12.1 Å². The number of rotatable bonds is 3. The number of nitrogens with zero attached hydrogens (tertiary/aromatic N) is 2. The number of aryl methyl sites for hydroxylation is 1. The molecule has 2 heterocycles. The Morgan fingerprint density at radius 2 is 2.30 bits per heavy atom. The molecule has 0 spiro atoms. The molecule has 3 rings (SSSR count). The molecule has 1 fully saturated rings. The lowest BCUT2D eigenvalue weighted by Gasteiger charge is -2.04. The van der Waals surface area contributed by atoms with E-state index in [9.17, 15) is 4.39 Å². The topological polar surface area (TPSA) is 60.2 Å². The van der Waals surface area contributed by atoms with Crippen LogP contribution in [0.25, 0.3) is 11.4 Å². The summed E-state index contributed by atoms with van der Waals surface area (Å²) in [5.41, 5.74) is 1.21. The van der Waals surface area contributed by atoms with Crippen molar-refractivity contribution >= 4 is 0 Å². The summed E-state index contributed by atoms with van der Waals surface area (Å²) < 4.78 is 24.1. The van der Waals surface area contributed by atoms with Gasteiger partial charge in [0.25, 0.3) is 0 Å². The average molecular weight is 277 g/mol. The first-order chi connectivity index (χ1) is 9.67. The van der Waals surface area contributed by atoms with Crippen LogP contribution in [0, 0.1) is 12.7 Å². The van der Waals surface area contributed by atoms with Gasteiger partial charge < -0.3 is 14.6 Å². The summed E-state index contributed by atoms with van der Waals surface area (Å²) in [4.78, 5) is 4.34. The molecule has 0 saturated carbocycles. The third-order valence-electron chi connectivity index (χ3n) is 3.59. The summed E-state index contributed by atoms with van der Waals surface area (Å²) in [7, 11) is 1.68. The number of hydrogen-bond donors (Lipinski definition) is 1. The van der Waals surface area contributed by atoms with Crippen LogP contribution in [0.5, 0.6) is 0 Å². The minimum absolute atomic E-state index is 0.00325. The van der Waals surface area contributed by atoms with E-state index in [0.717, 1.165) is 13.0 Å². The predicted molar refractivity (Wildman–Crippen MR) is 70.6 cm³/mol. The van der Waals surface area contributed by atoms with Crippen molar-refractivity contribution in [1.29, 1.82) is 0 Å². The second kappa shape index (κ2) is 5.30. The van der Waals surface area contributed by atoms with Crippen molar-refractivity contribution in [3.8, 4) is 11.4 Å². The second-order valence-corrected chi connectivity index (χ2v) is 4.97. The smallest absolute Gasteiger partial charge is 0.244 e.